The molecule has 2 atom stereocenters. The van der Waals surface area contributed by atoms with Gasteiger partial charge in [-0.15, -0.1) is 0 Å². The molecule has 0 spiro atoms. The van der Waals surface area contributed by atoms with Crippen LogP contribution in [0.1, 0.15) is 93.9 Å². The lowest BCUT2D eigenvalue weighted by Crippen LogP contribution is -2.33. The van der Waals surface area contributed by atoms with Gasteiger partial charge in [-0.1, -0.05) is 26.7 Å². The first kappa shape index (κ1) is 33.7. The molecule has 3 amide bonds. The summed E-state index contributed by atoms with van der Waals surface area (Å²) in [7, 11) is 0. The third kappa shape index (κ3) is 24.1. The summed E-state index contributed by atoms with van der Waals surface area (Å²) in [5, 5.41) is 14.0. The van der Waals surface area contributed by atoms with Crippen molar-refractivity contribution in [3.8, 4) is 0 Å². The Kier molecular flexibility index (Phi) is 16.8. The van der Waals surface area contributed by atoms with E-state index < -0.39 is 29.4 Å². The summed E-state index contributed by atoms with van der Waals surface area (Å²) in [4.78, 5) is 43.8. The van der Waals surface area contributed by atoms with Crippen LogP contribution in [-0.2, 0) is 19.1 Å². The SMILES string of the molecule is C[C@@H](CCCCNC(=O)OC(C)(C)C)C(=O)O.C[C@@H](CCCCNC(=O)OC(C)(C)C)C(N)=O. The number of carbonyl (C=O) groups is 4. The van der Waals surface area contributed by atoms with Crippen molar-refractivity contribution >= 4 is 24.1 Å². The van der Waals surface area contributed by atoms with Gasteiger partial charge in [0.05, 0.1) is 5.92 Å². The maximum Gasteiger partial charge on any atom is 0.407 e. The molecule has 0 rings (SSSR count). The van der Waals surface area contributed by atoms with Crippen molar-refractivity contribution in [3.05, 3.63) is 0 Å². The zero-order valence-corrected chi connectivity index (χ0v) is 22.3. The topological polar surface area (TPSA) is 157 Å². The molecule has 200 valence electrons. The third-order valence-electron chi connectivity index (χ3n) is 4.37. The number of carboxylic acids is 1. The van der Waals surface area contributed by atoms with E-state index in [1.54, 1.807) is 27.7 Å². The summed E-state index contributed by atoms with van der Waals surface area (Å²) in [5.74, 6) is -1.47. The van der Waals surface area contributed by atoms with Crippen LogP contribution in [0.3, 0.4) is 0 Å². The molecule has 0 heterocycles. The molecule has 0 saturated carbocycles. The summed E-state index contributed by atoms with van der Waals surface area (Å²) in [6.45, 7) is 15.4. The van der Waals surface area contributed by atoms with Crippen LogP contribution in [0.2, 0.25) is 0 Å². The number of alkyl carbamates (subject to hydrolysis) is 2. The summed E-state index contributed by atoms with van der Waals surface area (Å²) in [5.41, 5.74) is 4.19. The van der Waals surface area contributed by atoms with Gasteiger partial charge in [-0.05, 0) is 67.2 Å². The number of hydrogen-bond donors (Lipinski definition) is 4. The number of unbranched alkanes of at least 4 members (excludes halogenated alkanes) is 2. The van der Waals surface area contributed by atoms with E-state index in [2.05, 4.69) is 10.6 Å². The molecule has 0 aliphatic heterocycles. The Morgan fingerprint density at radius 1 is 0.735 bits per heavy atom. The lowest BCUT2D eigenvalue weighted by Gasteiger charge is -2.19. The molecule has 0 aromatic heterocycles. The van der Waals surface area contributed by atoms with Crippen molar-refractivity contribution in [1.29, 1.82) is 0 Å². The molecule has 0 bridgehead atoms. The van der Waals surface area contributed by atoms with Gasteiger partial charge in [-0.3, -0.25) is 9.59 Å². The van der Waals surface area contributed by atoms with E-state index in [1.165, 1.54) is 0 Å². The summed E-state index contributed by atoms with van der Waals surface area (Å²) >= 11 is 0. The maximum atomic E-state index is 11.3. The van der Waals surface area contributed by atoms with Crippen LogP contribution in [-0.4, -0.2) is 53.5 Å². The Morgan fingerprint density at radius 2 is 1.09 bits per heavy atom. The van der Waals surface area contributed by atoms with E-state index >= 15 is 0 Å². The first-order chi connectivity index (χ1) is 15.4. The van der Waals surface area contributed by atoms with E-state index in [0.29, 0.717) is 19.5 Å². The largest absolute Gasteiger partial charge is 0.481 e. The number of carbonyl (C=O) groups excluding carboxylic acids is 3. The standard InChI is InChI=1S/C12H24N2O3.C12H23NO4/c1-9(10(13)15)7-5-6-8-14-11(16)17-12(2,3)4;1-9(10(14)15)7-5-6-8-13-11(16)17-12(2,3)4/h9H,5-8H2,1-4H3,(H2,13,15)(H,14,16);9H,5-8H2,1-4H3,(H,13,16)(H,14,15)/t2*9-/m00/s1. The Bertz CT molecular complexity index is 571. The predicted molar refractivity (Wildman–Crippen MR) is 131 cm³/mol. The zero-order chi connectivity index (χ0) is 26.9. The van der Waals surface area contributed by atoms with Crippen LogP contribution < -0.4 is 16.4 Å². The Morgan fingerprint density at radius 3 is 1.38 bits per heavy atom. The number of nitrogens with one attached hydrogen (secondary N) is 2. The van der Waals surface area contributed by atoms with Gasteiger partial charge < -0.3 is 30.9 Å². The minimum atomic E-state index is -0.773. The molecule has 0 aliphatic rings. The first-order valence-corrected chi connectivity index (χ1v) is 11.9. The number of amides is 3. The van der Waals surface area contributed by atoms with Gasteiger partial charge in [-0.2, -0.15) is 0 Å². The van der Waals surface area contributed by atoms with Crippen molar-refractivity contribution in [2.75, 3.05) is 13.1 Å². The van der Waals surface area contributed by atoms with E-state index in [1.807, 2.05) is 27.7 Å². The van der Waals surface area contributed by atoms with E-state index in [-0.39, 0.29) is 17.7 Å². The molecule has 10 nitrogen and oxygen atoms in total. The second-order valence-corrected chi connectivity index (χ2v) is 10.4. The highest BCUT2D eigenvalue weighted by atomic mass is 16.6. The number of primary amides is 1. The number of carboxylic acid groups (broad SMARTS) is 1. The lowest BCUT2D eigenvalue weighted by atomic mass is 10.0. The van der Waals surface area contributed by atoms with Crippen LogP contribution in [0.25, 0.3) is 0 Å². The minimum Gasteiger partial charge on any atom is -0.481 e. The zero-order valence-electron chi connectivity index (χ0n) is 22.3. The molecule has 0 saturated heterocycles. The van der Waals surface area contributed by atoms with Gasteiger partial charge in [0.25, 0.3) is 0 Å². The third-order valence-corrected chi connectivity index (χ3v) is 4.37. The Balaban J connectivity index is 0. The molecular weight excluding hydrogens is 442 g/mol. The van der Waals surface area contributed by atoms with Gasteiger partial charge in [-0.25, -0.2) is 9.59 Å². The minimum absolute atomic E-state index is 0.100. The van der Waals surface area contributed by atoms with Crippen molar-refractivity contribution < 1.29 is 33.8 Å². The fourth-order valence-electron chi connectivity index (χ4n) is 2.43. The van der Waals surface area contributed by atoms with Crippen LogP contribution in [0, 0.1) is 11.8 Å². The molecule has 0 aromatic carbocycles. The monoisotopic (exact) mass is 489 g/mol. The molecule has 34 heavy (non-hydrogen) atoms. The van der Waals surface area contributed by atoms with Gasteiger partial charge in [0.1, 0.15) is 11.2 Å². The smallest absolute Gasteiger partial charge is 0.407 e. The van der Waals surface area contributed by atoms with Crippen LogP contribution in [0.4, 0.5) is 9.59 Å². The van der Waals surface area contributed by atoms with Crippen molar-refractivity contribution in [1.82, 2.24) is 10.6 Å². The van der Waals surface area contributed by atoms with Gasteiger partial charge in [0.15, 0.2) is 0 Å². The Hall–Kier alpha value is -2.52. The van der Waals surface area contributed by atoms with Gasteiger partial charge >= 0.3 is 18.2 Å². The molecule has 10 heteroatoms. The normalized spacial score (nSPS) is 12.9. The molecular formula is C24H47N3O7. The Labute approximate surface area is 204 Å². The first-order valence-electron chi connectivity index (χ1n) is 11.9. The van der Waals surface area contributed by atoms with Crippen molar-refractivity contribution in [2.24, 2.45) is 17.6 Å². The molecule has 0 radical (unpaired) electrons. The summed E-state index contributed by atoms with van der Waals surface area (Å²) in [6, 6.07) is 0. The van der Waals surface area contributed by atoms with E-state index in [4.69, 9.17) is 20.3 Å². The predicted octanol–water partition coefficient (Wildman–Crippen LogP) is 4.20. The van der Waals surface area contributed by atoms with Gasteiger partial charge in [0, 0.05) is 19.0 Å². The maximum absolute atomic E-state index is 11.3. The molecule has 0 fully saturated rings. The molecule has 0 aromatic rings. The fraction of sp³-hybridized carbons (Fsp3) is 0.833. The highest BCUT2D eigenvalue weighted by Crippen LogP contribution is 2.09. The summed E-state index contributed by atoms with van der Waals surface area (Å²) in [6.07, 6.45) is 3.78. The van der Waals surface area contributed by atoms with Gasteiger partial charge in [0.2, 0.25) is 5.91 Å². The molecule has 5 N–H and O–H groups in total. The number of ether oxygens (including phenoxy) is 2. The van der Waals surface area contributed by atoms with E-state index in [9.17, 15) is 19.2 Å². The van der Waals surface area contributed by atoms with Crippen LogP contribution in [0.15, 0.2) is 0 Å². The lowest BCUT2D eigenvalue weighted by molar-refractivity contribution is -0.141. The van der Waals surface area contributed by atoms with Crippen molar-refractivity contribution in [3.63, 3.8) is 0 Å². The quantitative estimate of drug-likeness (QED) is 0.299. The number of nitrogens with two attached hydrogens (primary N) is 1. The average molecular weight is 490 g/mol. The van der Waals surface area contributed by atoms with E-state index in [0.717, 1.165) is 32.1 Å². The second kappa shape index (κ2) is 17.0. The van der Waals surface area contributed by atoms with Crippen molar-refractivity contribution in [2.45, 2.75) is 105 Å². The number of rotatable bonds is 12. The molecule has 0 aliphatic carbocycles. The highest BCUT2D eigenvalue weighted by molar-refractivity contribution is 5.76. The summed E-state index contributed by atoms with van der Waals surface area (Å²) < 4.78 is 10.1. The van der Waals surface area contributed by atoms with Crippen LogP contribution in [0.5, 0.6) is 0 Å². The highest BCUT2D eigenvalue weighted by Gasteiger charge is 2.16. The second-order valence-electron chi connectivity index (χ2n) is 10.4. The number of hydrogen-bond acceptors (Lipinski definition) is 6. The number of aliphatic carboxylic acids is 1. The fourth-order valence-corrected chi connectivity index (χ4v) is 2.43. The van der Waals surface area contributed by atoms with Crippen LogP contribution >= 0.6 is 0 Å². The molecule has 0 unspecified atom stereocenters. The average Bonchev–Trinajstić information content (AvgIpc) is 2.64.